The molecule has 0 aliphatic rings. The van der Waals surface area contributed by atoms with Gasteiger partial charge in [0.2, 0.25) is 0 Å². The Bertz CT molecular complexity index is 1850. The summed E-state index contributed by atoms with van der Waals surface area (Å²) in [4.78, 5) is 31.5. The largest absolute Gasteiger partial charge is 0.383 e. The van der Waals surface area contributed by atoms with Crippen molar-refractivity contribution in [2.24, 2.45) is 7.05 Å². The van der Waals surface area contributed by atoms with Crippen molar-refractivity contribution in [1.82, 2.24) is 34.3 Å². The Labute approximate surface area is 222 Å². The number of nitrogens with two attached hydrogens (primary N) is 2. The number of nitrogens with one attached hydrogen (secondary N) is 2. The van der Waals surface area contributed by atoms with Crippen LogP contribution < -0.4 is 22.3 Å². The second kappa shape index (κ2) is 9.98. The van der Waals surface area contributed by atoms with Crippen LogP contribution in [0, 0.1) is 17.3 Å². The fourth-order valence-corrected chi connectivity index (χ4v) is 4.17. The number of aromatic nitrogens is 6. The highest BCUT2D eigenvalue weighted by Crippen LogP contribution is 2.21. The van der Waals surface area contributed by atoms with Crippen molar-refractivity contribution < 1.29 is 4.79 Å². The molecule has 5 aromatic rings. The maximum Gasteiger partial charge on any atom is 0.270 e. The van der Waals surface area contributed by atoms with Gasteiger partial charge in [-0.2, -0.15) is 5.10 Å². The zero-order chi connectivity index (χ0) is 27.7. The minimum atomic E-state index is -0.782. The lowest BCUT2D eigenvalue weighted by Gasteiger charge is -2.20. The van der Waals surface area contributed by atoms with Gasteiger partial charge in [-0.05, 0) is 37.1 Å². The standard InChI is InChI=1S/C27H24N10O2/c1-16(32-26(38)22-20-10-6-7-13-36(20)34-24(22)30)25-33-23(29)21(19(28)12-11-17-14-31-35(2)15-17)27(39)37(25)18-8-4-3-5-9-18/h3-10,13-16,28H,29H2,1-2H3,(H2,30,34)(H,32,38)/t16-/m0/s1. The summed E-state index contributed by atoms with van der Waals surface area (Å²) in [5.41, 5.74) is 13.0. The number of nitrogens with zero attached hydrogens (tertiary/aromatic N) is 6. The number of carbonyl (C=O) groups excluding carboxylic acids is 1. The first-order valence-electron chi connectivity index (χ1n) is 11.9. The number of hydrogen-bond donors (Lipinski definition) is 4. The maximum atomic E-state index is 13.8. The first-order chi connectivity index (χ1) is 18.7. The molecule has 39 heavy (non-hydrogen) atoms. The Kier molecular flexibility index (Phi) is 6.39. The number of para-hydroxylation sites is 1. The number of amides is 1. The van der Waals surface area contributed by atoms with E-state index in [0.29, 0.717) is 16.8 Å². The van der Waals surface area contributed by atoms with Crippen molar-refractivity contribution in [3.8, 4) is 17.5 Å². The third-order valence-electron chi connectivity index (χ3n) is 5.97. The topological polar surface area (TPSA) is 175 Å². The highest BCUT2D eigenvalue weighted by Gasteiger charge is 2.25. The number of aryl methyl sites for hydroxylation is 1. The SMILES string of the molecule is C[C@H](NC(=O)c1c(N)nn2ccccc12)c1nc(N)c(C(=N)C#Cc2cnn(C)c2)c(=O)n1-c1ccccc1. The Morgan fingerprint density at radius 2 is 1.82 bits per heavy atom. The van der Waals surface area contributed by atoms with Crippen LogP contribution in [-0.4, -0.2) is 40.6 Å². The molecule has 1 aromatic carbocycles. The van der Waals surface area contributed by atoms with Gasteiger partial charge in [0.25, 0.3) is 11.5 Å². The van der Waals surface area contributed by atoms with E-state index in [0.717, 1.165) is 0 Å². The number of rotatable bonds is 5. The van der Waals surface area contributed by atoms with Crippen molar-refractivity contribution in [2.45, 2.75) is 13.0 Å². The number of fused-ring (bicyclic) bond motifs is 1. The molecular weight excluding hydrogens is 496 g/mol. The van der Waals surface area contributed by atoms with E-state index in [2.05, 4.69) is 32.3 Å². The van der Waals surface area contributed by atoms with Gasteiger partial charge >= 0.3 is 0 Å². The highest BCUT2D eigenvalue weighted by molar-refractivity contribution is 6.13. The molecule has 194 valence electrons. The lowest BCUT2D eigenvalue weighted by Crippen LogP contribution is -2.36. The van der Waals surface area contributed by atoms with Crippen LogP contribution in [0.15, 0.2) is 71.9 Å². The van der Waals surface area contributed by atoms with E-state index in [1.54, 1.807) is 85.8 Å². The number of benzene rings is 1. The molecule has 0 fully saturated rings. The Balaban J connectivity index is 1.56. The molecule has 0 saturated heterocycles. The molecule has 0 saturated carbocycles. The highest BCUT2D eigenvalue weighted by atomic mass is 16.2. The lowest BCUT2D eigenvalue weighted by atomic mass is 10.1. The van der Waals surface area contributed by atoms with Crippen molar-refractivity contribution >= 4 is 28.8 Å². The molecule has 5 rings (SSSR count). The molecule has 1 atom stereocenters. The second-order valence-corrected chi connectivity index (χ2v) is 8.72. The van der Waals surface area contributed by atoms with Crippen LogP contribution in [-0.2, 0) is 7.05 Å². The fourth-order valence-electron chi connectivity index (χ4n) is 4.17. The summed E-state index contributed by atoms with van der Waals surface area (Å²) in [6.07, 6.45) is 4.93. The van der Waals surface area contributed by atoms with E-state index in [1.807, 2.05) is 0 Å². The Morgan fingerprint density at radius 3 is 2.54 bits per heavy atom. The predicted octanol–water partition coefficient (Wildman–Crippen LogP) is 1.69. The van der Waals surface area contributed by atoms with E-state index in [4.69, 9.17) is 16.9 Å². The van der Waals surface area contributed by atoms with E-state index >= 15 is 0 Å². The van der Waals surface area contributed by atoms with Crippen LogP contribution in [0.5, 0.6) is 0 Å². The lowest BCUT2D eigenvalue weighted by molar-refractivity contribution is 0.0940. The number of anilines is 2. The van der Waals surface area contributed by atoms with Gasteiger partial charge < -0.3 is 16.8 Å². The van der Waals surface area contributed by atoms with Crippen LogP contribution in [0.25, 0.3) is 11.2 Å². The van der Waals surface area contributed by atoms with Gasteiger partial charge in [-0.15, -0.1) is 5.10 Å². The smallest absolute Gasteiger partial charge is 0.270 e. The van der Waals surface area contributed by atoms with Gasteiger partial charge in [0.05, 0.1) is 29.0 Å². The zero-order valence-electron chi connectivity index (χ0n) is 21.1. The number of carbonyl (C=O) groups is 1. The van der Waals surface area contributed by atoms with Gasteiger partial charge in [-0.1, -0.05) is 30.2 Å². The van der Waals surface area contributed by atoms with E-state index < -0.39 is 17.5 Å². The number of hydrogen-bond acceptors (Lipinski definition) is 8. The number of nitrogen functional groups attached to an aromatic ring is 2. The van der Waals surface area contributed by atoms with E-state index in [9.17, 15) is 9.59 Å². The van der Waals surface area contributed by atoms with Crippen molar-refractivity contribution in [1.29, 1.82) is 5.41 Å². The summed E-state index contributed by atoms with van der Waals surface area (Å²) < 4.78 is 4.41. The molecule has 12 heteroatoms. The molecule has 0 radical (unpaired) electrons. The predicted molar refractivity (Wildman–Crippen MR) is 147 cm³/mol. The Hall–Kier alpha value is -5.70. The first-order valence-corrected chi connectivity index (χ1v) is 11.9. The minimum Gasteiger partial charge on any atom is -0.383 e. The van der Waals surface area contributed by atoms with Gasteiger partial charge in [0.15, 0.2) is 5.82 Å². The summed E-state index contributed by atoms with van der Waals surface area (Å²) in [7, 11) is 1.75. The van der Waals surface area contributed by atoms with E-state index in [1.165, 1.54) is 9.08 Å². The molecule has 4 aromatic heterocycles. The molecule has 0 bridgehead atoms. The molecule has 0 spiro atoms. The summed E-state index contributed by atoms with van der Waals surface area (Å²) in [5, 5.41) is 19.6. The minimum absolute atomic E-state index is 0.0646. The summed E-state index contributed by atoms with van der Waals surface area (Å²) in [6.45, 7) is 1.67. The van der Waals surface area contributed by atoms with Crippen LogP contribution in [0.4, 0.5) is 11.6 Å². The molecule has 0 aliphatic heterocycles. The summed E-state index contributed by atoms with van der Waals surface area (Å²) in [5.74, 6) is 5.04. The van der Waals surface area contributed by atoms with Crippen LogP contribution in [0.2, 0.25) is 0 Å². The van der Waals surface area contributed by atoms with Gasteiger partial charge in [-0.3, -0.25) is 24.2 Å². The molecule has 1 amide bonds. The normalized spacial score (nSPS) is 11.5. The fraction of sp³-hybridized carbons (Fsp3) is 0.111. The van der Waals surface area contributed by atoms with Gasteiger partial charge in [-0.25, -0.2) is 9.50 Å². The zero-order valence-corrected chi connectivity index (χ0v) is 21.1. The quantitative estimate of drug-likeness (QED) is 0.201. The van der Waals surface area contributed by atoms with Gasteiger partial charge in [0, 0.05) is 19.4 Å². The molecular formula is C27H24N10O2. The van der Waals surface area contributed by atoms with Crippen LogP contribution >= 0.6 is 0 Å². The monoisotopic (exact) mass is 520 g/mol. The molecule has 12 nitrogen and oxygen atoms in total. The molecule has 0 unspecified atom stereocenters. The average molecular weight is 521 g/mol. The Morgan fingerprint density at radius 1 is 1.08 bits per heavy atom. The second-order valence-electron chi connectivity index (χ2n) is 8.72. The van der Waals surface area contributed by atoms with Crippen molar-refractivity contribution in [2.75, 3.05) is 11.5 Å². The van der Waals surface area contributed by atoms with Crippen molar-refractivity contribution in [3.05, 3.63) is 100.0 Å². The molecule has 0 aliphatic carbocycles. The number of pyridine rings is 1. The van der Waals surface area contributed by atoms with Crippen LogP contribution in [0.1, 0.15) is 40.3 Å². The average Bonchev–Trinajstić information content (AvgIpc) is 3.49. The molecule has 6 N–H and O–H groups in total. The summed E-state index contributed by atoms with van der Waals surface area (Å²) >= 11 is 0. The van der Waals surface area contributed by atoms with Crippen molar-refractivity contribution in [3.63, 3.8) is 0 Å². The third-order valence-corrected chi connectivity index (χ3v) is 5.97. The first kappa shape index (κ1) is 25.0. The van der Waals surface area contributed by atoms with Gasteiger partial charge in [0.1, 0.15) is 28.5 Å². The maximum absolute atomic E-state index is 13.8. The summed E-state index contributed by atoms with van der Waals surface area (Å²) in [6, 6.07) is 13.3. The third kappa shape index (κ3) is 4.72. The van der Waals surface area contributed by atoms with E-state index in [-0.39, 0.29) is 34.3 Å². The van der Waals surface area contributed by atoms with Crippen LogP contribution in [0.3, 0.4) is 0 Å². The molecule has 4 heterocycles.